The predicted octanol–water partition coefficient (Wildman–Crippen LogP) is 17.8. The van der Waals surface area contributed by atoms with E-state index in [1.165, 1.54) is 109 Å². The molecule has 82 heavy (non-hydrogen) atoms. The summed E-state index contributed by atoms with van der Waals surface area (Å²) in [6.45, 7) is 3.64. The van der Waals surface area contributed by atoms with Gasteiger partial charge in [0.15, 0.2) is 6.29 Å². The molecule has 1 saturated heterocycles. The van der Waals surface area contributed by atoms with Gasteiger partial charge in [-0.3, -0.25) is 4.79 Å². The minimum Gasteiger partial charge on any atom is -0.394 e. The van der Waals surface area contributed by atoms with Crippen molar-refractivity contribution in [3.05, 3.63) is 146 Å². The van der Waals surface area contributed by atoms with Gasteiger partial charge in [-0.2, -0.15) is 0 Å². The second kappa shape index (κ2) is 60.2. The average molecular weight is 1140 g/mol. The second-order valence-corrected chi connectivity index (χ2v) is 22.2. The Morgan fingerprint density at radius 2 is 0.768 bits per heavy atom. The Bertz CT molecular complexity index is 1800. The van der Waals surface area contributed by atoms with Crippen molar-refractivity contribution in [1.82, 2.24) is 5.32 Å². The maximum absolute atomic E-state index is 13.1. The molecule has 0 radical (unpaired) electrons. The van der Waals surface area contributed by atoms with Gasteiger partial charge in [-0.15, -0.1) is 0 Å². The molecule has 1 aliphatic heterocycles. The molecule has 0 aliphatic carbocycles. The zero-order valence-electron chi connectivity index (χ0n) is 51.9. The number of aliphatic hydroxyl groups excluding tert-OH is 5. The zero-order chi connectivity index (χ0) is 59.3. The van der Waals surface area contributed by atoms with E-state index in [4.69, 9.17) is 9.47 Å². The summed E-state index contributed by atoms with van der Waals surface area (Å²) < 4.78 is 11.3. The van der Waals surface area contributed by atoms with Crippen LogP contribution in [-0.4, -0.2) is 87.5 Å². The fourth-order valence-electron chi connectivity index (χ4n) is 9.48. The fourth-order valence-corrected chi connectivity index (χ4v) is 9.48. The van der Waals surface area contributed by atoms with E-state index in [2.05, 4.69) is 153 Å². The molecule has 7 atom stereocenters. The van der Waals surface area contributed by atoms with E-state index in [9.17, 15) is 30.3 Å². The van der Waals surface area contributed by atoms with E-state index in [1.807, 2.05) is 6.08 Å². The highest BCUT2D eigenvalue weighted by atomic mass is 16.7. The number of aliphatic hydroxyl groups is 5. The Morgan fingerprint density at radius 3 is 1.17 bits per heavy atom. The number of nitrogens with one attached hydrogen (secondary N) is 1. The standard InChI is InChI=1S/C73H121NO8/c1-3-5-7-9-11-13-15-17-19-21-23-25-27-29-30-31-32-33-34-35-36-37-38-39-41-43-45-47-49-51-53-55-57-59-61-63-69(77)74-66(65-81-73-72(80)71(79)70(78)68(64-75)82-73)67(76)62-60-58-56-54-52-50-48-46-44-42-40-28-26-24-22-20-18-16-14-12-10-8-6-4-2/h5,7,11,13,17,19,23,25,29-30,32-33,35-36,38-39,43-46,52,54,60,62,66-68,70-73,75-76,78-80H,3-4,6,8-10,12,14-16,18,20-22,24,26-28,31,34,37,40-42,47-51,53,55-59,61,63-65H2,1-2H3,(H,74,77)/b7-5-,13-11-,19-17-,25-23-,30-29-,33-32-,36-35-,39-38-,45-43-,46-44+,54-52+,62-60+. The van der Waals surface area contributed by atoms with Crippen molar-refractivity contribution >= 4 is 5.91 Å². The Balaban J connectivity index is 2.23. The third kappa shape index (κ3) is 48.4. The molecule has 0 saturated carbocycles. The van der Waals surface area contributed by atoms with Gasteiger partial charge in [-0.1, -0.05) is 275 Å². The molecule has 1 aliphatic rings. The minimum absolute atomic E-state index is 0.207. The molecule has 466 valence electrons. The fraction of sp³-hybridized carbons (Fsp3) is 0.658. The van der Waals surface area contributed by atoms with E-state index in [-0.39, 0.29) is 12.5 Å². The monoisotopic (exact) mass is 1140 g/mol. The van der Waals surface area contributed by atoms with Gasteiger partial charge in [0.2, 0.25) is 5.91 Å². The summed E-state index contributed by atoms with van der Waals surface area (Å²) in [5, 5.41) is 54.6. The van der Waals surface area contributed by atoms with E-state index >= 15 is 0 Å². The molecule has 6 N–H and O–H groups in total. The molecule has 0 aromatic carbocycles. The second-order valence-electron chi connectivity index (χ2n) is 22.2. The largest absolute Gasteiger partial charge is 0.394 e. The molecular formula is C73H121NO8. The smallest absolute Gasteiger partial charge is 0.220 e. The van der Waals surface area contributed by atoms with Crippen LogP contribution in [0.3, 0.4) is 0 Å². The van der Waals surface area contributed by atoms with E-state index in [0.29, 0.717) is 6.42 Å². The van der Waals surface area contributed by atoms with Crippen LogP contribution >= 0.6 is 0 Å². The predicted molar refractivity (Wildman–Crippen MR) is 350 cm³/mol. The summed E-state index contributed by atoms with van der Waals surface area (Å²) in [4.78, 5) is 13.1. The normalized spacial score (nSPS) is 19.3. The Hall–Kier alpha value is -3.93. The number of carbonyl (C=O) groups excluding carboxylic acids is 1. The Kier molecular flexibility index (Phi) is 55.9. The highest BCUT2D eigenvalue weighted by Gasteiger charge is 2.44. The van der Waals surface area contributed by atoms with Crippen molar-refractivity contribution in [1.29, 1.82) is 0 Å². The molecule has 0 aromatic heterocycles. The maximum Gasteiger partial charge on any atom is 0.220 e. The van der Waals surface area contributed by atoms with Gasteiger partial charge in [0, 0.05) is 6.42 Å². The number of unbranched alkanes of at least 4 members (excludes halogenated alkanes) is 23. The summed E-state index contributed by atoms with van der Waals surface area (Å²) in [6.07, 6.45) is 86.4. The molecular weight excluding hydrogens is 1020 g/mol. The van der Waals surface area contributed by atoms with Crippen LogP contribution in [0.15, 0.2) is 146 Å². The molecule has 1 fully saturated rings. The molecule has 0 spiro atoms. The van der Waals surface area contributed by atoms with Gasteiger partial charge in [-0.25, -0.2) is 0 Å². The Labute approximate surface area is 502 Å². The first kappa shape index (κ1) is 76.1. The molecule has 9 nitrogen and oxygen atoms in total. The van der Waals surface area contributed by atoms with Gasteiger partial charge in [0.25, 0.3) is 0 Å². The lowest BCUT2D eigenvalue weighted by molar-refractivity contribution is -0.302. The minimum atomic E-state index is -1.59. The van der Waals surface area contributed by atoms with Crippen molar-refractivity contribution in [2.75, 3.05) is 13.2 Å². The number of allylic oxidation sites excluding steroid dienone is 23. The lowest BCUT2D eigenvalue weighted by Gasteiger charge is -2.40. The summed E-state index contributed by atoms with van der Waals surface area (Å²) in [5.41, 5.74) is 0. The van der Waals surface area contributed by atoms with Crippen LogP contribution in [0.25, 0.3) is 0 Å². The number of hydrogen-bond acceptors (Lipinski definition) is 8. The van der Waals surface area contributed by atoms with Crippen LogP contribution in [0, 0.1) is 0 Å². The molecule has 1 rings (SSSR count). The number of rotatable bonds is 55. The van der Waals surface area contributed by atoms with Gasteiger partial charge >= 0.3 is 0 Å². The van der Waals surface area contributed by atoms with E-state index < -0.39 is 49.5 Å². The van der Waals surface area contributed by atoms with E-state index in [0.717, 1.165) is 122 Å². The van der Waals surface area contributed by atoms with Gasteiger partial charge in [-0.05, 0) is 116 Å². The van der Waals surface area contributed by atoms with Crippen LogP contribution in [-0.2, 0) is 14.3 Å². The lowest BCUT2D eigenvalue weighted by Crippen LogP contribution is -2.60. The van der Waals surface area contributed by atoms with Crippen molar-refractivity contribution in [3.8, 4) is 0 Å². The number of hydrogen-bond donors (Lipinski definition) is 6. The van der Waals surface area contributed by atoms with Gasteiger partial charge in [0.1, 0.15) is 24.4 Å². The number of carbonyl (C=O) groups is 1. The third-order valence-corrected chi connectivity index (χ3v) is 14.6. The number of ether oxygens (including phenoxy) is 2. The Morgan fingerprint density at radius 1 is 0.427 bits per heavy atom. The summed E-state index contributed by atoms with van der Waals surface area (Å²) in [5.74, 6) is -0.207. The molecule has 1 amide bonds. The van der Waals surface area contributed by atoms with Crippen molar-refractivity contribution < 1.29 is 39.8 Å². The SMILES string of the molecule is CC/C=C\C/C=C\C/C=C\C/C=C\C/C=C\C/C=C\C/C=C\C/C=C\C/C=C\CCCCCCCCCC(=O)NC(COC1OC(CO)C(O)C(O)C1O)C(O)/C=C/CC/C=C/CC/C=C/CCCCCCCCCCCCCCCC. The maximum atomic E-state index is 13.1. The highest BCUT2D eigenvalue weighted by Crippen LogP contribution is 2.23. The number of amides is 1. The summed E-state index contributed by atoms with van der Waals surface area (Å²) in [7, 11) is 0. The average Bonchev–Trinajstić information content (AvgIpc) is 3.52. The molecule has 0 bridgehead atoms. The van der Waals surface area contributed by atoms with E-state index in [1.54, 1.807) is 6.08 Å². The first-order valence-corrected chi connectivity index (χ1v) is 33.1. The first-order valence-electron chi connectivity index (χ1n) is 33.1. The zero-order valence-corrected chi connectivity index (χ0v) is 51.9. The summed E-state index contributed by atoms with van der Waals surface area (Å²) >= 11 is 0. The molecule has 1 heterocycles. The van der Waals surface area contributed by atoms with Crippen molar-refractivity contribution in [3.63, 3.8) is 0 Å². The highest BCUT2D eigenvalue weighted by molar-refractivity contribution is 5.76. The van der Waals surface area contributed by atoms with Gasteiger partial charge in [0.05, 0.1) is 25.4 Å². The molecule has 9 heteroatoms. The van der Waals surface area contributed by atoms with Crippen molar-refractivity contribution in [2.45, 2.75) is 294 Å². The summed E-state index contributed by atoms with van der Waals surface area (Å²) in [6, 6.07) is -0.847. The van der Waals surface area contributed by atoms with Crippen LogP contribution in [0.5, 0.6) is 0 Å². The quantitative estimate of drug-likeness (QED) is 0.0261. The topological polar surface area (TPSA) is 149 Å². The third-order valence-electron chi connectivity index (χ3n) is 14.6. The molecule has 7 unspecified atom stereocenters. The van der Waals surface area contributed by atoms with Gasteiger partial charge < -0.3 is 40.3 Å². The van der Waals surface area contributed by atoms with Crippen molar-refractivity contribution in [2.24, 2.45) is 0 Å². The van der Waals surface area contributed by atoms with Crippen LogP contribution in [0.4, 0.5) is 0 Å². The van der Waals surface area contributed by atoms with Crippen LogP contribution in [0.1, 0.15) is 251 Å². The lowest BCUT2D eigenvalue weighted by atomic mass is 9.99. The molecule has 0 aromatic rings. The van der Waals surface area contributed by atoms with Crippen LogP contribution < -0.4 is 5.32 Å². The first-order chi connectivity index (χ1) is 40.3. The van der Waals surface area contributed by atoms with Crippen LogP contribution in [0.2, 0.25) is 0 Å².